The Labute approximate surface area is 253 Å². The van der Waals surface area contributed by atoms with Gasteiger partial charge in [-0.25, -0.2) is 0 Å². The summed E-state index contributed by atoms with van der Waals surface area (Å²) < 4.78 is 5.23. The average Bonchev–Trinajstić information content (AvgIpc) is 2.78. The summed E-state index contributed by atoms with van der Waals surface area (Å²) in [6.45, 7) is 2.07. The predicted molar refractivity (Wildman–Crippen MR) is 121 cm³/mol. The van der Waals surface area contributed by atoms with Gasteiger partial charge in [0.1, 0.15) is 6.54 Å². The van der Waals surface area contributed by atoms with E-state index in [4.69, 9.17) is 4.74 Å². The molecule has 0 atom stereocenters. The van der Waals surface area contributed by atoms with E-state index < -0.39 is 56.0 Å². The van der Waals surface area contributed by atoms with Crippen LogP contribution in [0.4, 0.5) is 0 Å². The third kappa shape index (κ3) is 17.1. The van der Waals surface area contributed by atoms with E-state index in [2.05, 4.69) is 0 Å². The van der Waals surface area contributed by atoms with Crippen LogP contribution >= 0.6 is 0 Å². The number of hydrogen-bond donors (Lipinski definition) is 1. The van der Waals surface area contributed by atoms with E-state index >= 15 is 0 Å². The molecule has 1 radical (unpaired) electrons. The number of rotatable bonds is 14. The summed E-state index contributed by atoms with van der Waals surface area (Å²) in [6, 6.07) is 0. The number of carboxylic acid groups (broad SMARTS) is 4. The number of amides is 1. The van der Waals surface area contributed by atoms with Crippen LogP contribution in [-0.2, 0) is 28.7 Å². The molecule has 0 aromatic rings. The van der Waals surface area contributed by atoms with Crippen LogP contribution in [-0.4, -0.2) is 164 Å². The number of carbonyl (C=O) groups is 5. The molecule has 1 N–H and O–H groups in total. The normalized spacial score (nSPS) is 17.0. The summed E-state index contributed by atoms with van der Waals surface area (Å²) in [4.78, 5) is 65.3. The minimum absolute atomic E-state index is 0. The standard InChI is InChI=1S/C22H39N5O10.Gd/c1-2-37-12-11-27(17-22(35)36)18(28)13-23-3-5-24(14-19(29)30)7-9-26(16-21(33)34)10-8-25(6-4-23)15-20(31)32;/h2-17H2,1H3,(H,29,30)(H,31,32)(H,33,34)(H,35,36);/q;+3/p-3. The maximum absolute atomic E-state index is 12.9. The van der Waals surface area contributed by atoms with Crippen molar-refractivity contribution in [3.8, 4) is 0 Å². The van der Waals surface area contributed by atoms with E-state index in [0.717, 1.165) is 4.90 Å². The third-order valence-electron chi connectivity index (χ3n) is 5.74. The van der Waals surface area contributed by atoms with E-state index in [0.29, 0.717) is 6.61 Å². The first kappa shape index (κ1) is 36.5. The summed E-state index contributed by atoms with van der Waals surface area (Å²) in [5, 5.41) is 42.8. The largest absolute Gasteiger partial charge is 3.00 e. The van der Waals surface area contributed by atoms with Crippen molar-refractivity contribution < 1.29 is 89.1 Å². The maximum Gasteiger partial charge on any atom is 3.00 e. The zero-order valence-corrected chi connectivity index (χ0v) is 23.8. The minimum Gasteiger partial charge on any atom is -0.549 e. The van der Waals surface area contributed by atoms with Crippen LogP contribution in [0, 0.1) is 39.9 Å². The Morgan fingerprint density at radius 2 is 1.05 bits per heavy atom. The summed E-state index contributed by atoms with van der Waals surface area (Å²) >= 11 is 0. The van der Waals surface area contributed by atoms with Gasteiger partial charge in [-0.05, 0) is 6.92 Å². The summed E-state index contributed by atoms with van der Waals surface area (Å²) in [5.74, 6) is -5.59. The number of aliphatic carboxylic acids is 4. The second-order valence-corrected chi connectivity index (χ2v) is 8.63. The van der Waals surface area contributed by atoms with Gasteiger partial charge in [-0.15, -0.1) is 0 Å². The van der Waals surface area contributed by atoms with Gasteiger partial charge in [-0.3, -0.25) is 29.2 Å². The van der Waals surface area contributed by atoms with E-state index in [-0.39, 0.29) is 112 Å². The van der Waals surface area contributed by atoms with Crippen molar-refractivity contribution in [1.82, 2.24) is 24.5 Å². The molecule has 1 amide bonds. The van der Waals surface area contributed by atoms with Gasteiger partial charge in [0.2, 0.25) is 5.91 Å². The summed E-state index contributed by atoms with van der Waals surface area (Å²) in [5.41, 5.74) is 0. The monoisotopic (exact) mass is 688 g/mol. The van der Waals surface area contributed by atoms with Crippen molar-refractivity contribution >= 4 is 29.8 Å². The average molecular weight is 688 g/mol. The van der Waals surface area contributed by atoms with Crippen molar-refractivity contribution in [1.29, 1.82) is 0 Å². The second kappa shape index (κ2) is 20.4. The molecule has 0 aliphatic carbocycles. The maximum atomic E-state index is 12.9. The van der Waals surface area contributed by atoms with Crippen molar-refractivity contribution in [2.24, 2.45) is 0 Å². The Morgan fingerprint density at radius 3 is 1.34 bits per heavy atom. The number of carbonyl (C=O) groups excluding carboxylic acids is 4. The molecule has 0 aromatic heterocycles. The van der Waals surface area contributed by atoms with Crippen molar-refractivity contribution in [3.05, 3.63) is 0 Å². The van der Waals surface area contributed by atoms with Crippen LogP contribution in [0.5, 0.6) is 0 Å². The molecule has 1 aliphatic heterocycles. The Kier molecular flexibility index (Phi) is 19.6. The van der Waals surface area contributed by atoms with Crippen LogP contribution < -0.4 is 15.3 Å². The van der Waals surface area contributed by atoms with Crippen molar-refractivity contribution in [2.45, 2.75) is 6.92 Å². The van der Waals surface area contributed by atoms with E-state index in [1.165, 1.54) is 4.90 Å². The minimum atomic E-state index is -1.31. The van der Waals surface area contributed by atoms with Gasteiger partial charge in [0.15, 0.2) is 0 Å². The molecule has 1 heterocycles. The van der Waals surface area contributed by atoms with Crippen LogP contribution in [0.25, 0.3) is 0 Å². The van der Waals surface area contributed by atoms with E-state index in [1.807, 2.05) is 0 Å². The van der Waals surface area contributed by atoms with Crippen molar-refractivity contribution in [2.75, 3.05) is 105 Å². The fourth-order valence-electron chi connectivity index (χ4n) is 3.82. The molecule has 16 heteroatoms. The number of carboxylic acids is 4. The molecule has 0 saturated carbocycles. The first-order valence-electron chi connectivity index (χ1n) is 12.1. The Balaban J connectivity index is 0.0000137. The van der Waals surface area contributed by atoms with Crippen LogP contribution in [0.2, 0.25) is 0 Å². The summed E-state index contributed by atoms with van der Waals surface area (Å²) in [6.07, 6.45) is 0. The number of nitrogens with zero attached hydrogens (tertiary/aromatic N) is 5. The fraction of sp³-hybridized carbons (Fsp3) is 0.773. The van der Waals surface area contributed by atoms with Gasteiger partial charge in [-0.2, -0.15) is 0 Å². The summed E-state index contributed by atoms with van der Waals surface area (Å²) in [7, 11) is 0. The topological polar surface area (TPSA) is 200 Å². The van der Waals surface area contributed by atoms with Gasteiger partial charge in [0, 0.05) is 85.1 Å². The van der Waals surface area contributed by atoms with Gasteiger partial charge in [0.25, 0.3) is 0 Å². The first-order chi connectivity index (χ1) is 17.5. The number of hydrogen-bond acceptors (Lipinski definition) is 13. The molecule has 0 spiro atoms. The molecule has 15 nitrogen and oxygen atoms in total. The van der Waals surface area contributed by atoms with Crippen LogP contribution in [0.3, 0.4) is 0 Å². The molecule has 217 valence electrons. The molecule has 0 aromatic carbocycles. The van der Waals surface area contributed by atoms with Crippen molar-refractivity contribution in [3.63, 3.8) is 0 Å². The number of ether oxygens (including phenoxy) is 1. The quantitative estimate of drug-likeness (QED) is 0.169. The SMILES string of the molecule is CCOCCN(CC(=O)O)C(=O)CN1CCN(CC(=O)[O-])CCN(CC(=O)[O-])CCN(CC(=O)[O-])CC1.[Gd+3]. The Bertz CT molecular complexity index is 743. The molecule has 0 bridgehead atoms. The Hall–Kier alpha value is -1.53. The molecule has 1 saturated heterocycles. The van der Waals surface area contributed by atoms with E-state index in [1.54, 1.807) is 21.6 Å². The zero-order valence-electron chi connectivity index (χ0n) is 21.5. The molecule has 1 fully saturated rings. The van der Waals surface area contributed by atoms with Gasteiger partial charge >= 0.3 is 45.9 Å². The molecular formula is C22H36GdN5O10. The van der Waals surface area contributed by atoms with Gasteiger partial charge in [-0.1, -0.05) is 0 Å². The van der Waals surface area contributed by atoms with Gasteiger partial charge < -0.3 is 44.4 Å². The predicted octanol–water partition coefficient (Wildman–Crippen LogP) is -6.59. The van der Waals surface area contributed by atoms with Crippen LogP contribution in [0.1, 0.15) is 6.92 Å². The van der Waals surface area contributed by atoms with E-state index in [9.17, 15) is 44.4 Å². The second-order valence-electron chi connectivity index (χ2n) is 8.63. The zero-order chi connectivity index (χ0) is 27.8. The van der Waals surface area contributed by atoms with Gasteiger partial charge in [0.05, 0.1) is 31.1 Å². The van der Waals surface area contributed by atoms with Crippen LogP contribution in [0.15, 0.2) is 0 Å². The fourth-order valence-corrected chi connectivity index (χ4v) is 3.82. The molecule has 1 aliphatic rings. The molecular weight excluding hydrogens is 652 g/mol. The Morgan fingerprint density at radius 1 is 0.711 bits per heavy atom. The first-order valence-corrected chi connectivity index (χ1v) is 12.1. The third-order valence-corrected chi connectivity index (χ3v) is 5.74. The molecule has 1 rings (SSSR count). The molecule has 38 heavy (non-hydrogen) atoms. The molecule has 0 unspecified atom stereocenters. The smallest absolute Gasteiger partial charge is 0.549 e.